The number of hydrogen-bond donors (Lipinski definition) is 4. The van der Waals surface area contributed by atoms with Gasteiger partial charge in [-0.3, -0.25) is 4.57 Å². The molecule has 5 heterocycles. The maximum absolute atomic E-state index is 11.5. The van der Waals surface area contributed by atoms with Gasteiger partial charge in [0.05, 0.1) is 6.61 Å². The minimum absolute atomic E-state index is 0.0537. The summed E-state index contributed by atoms with van der Waals surface area (Å²) in [5.41, 5.74) is 6.00. The van der Waals surface area contributed by atoms with Crippen LogP contribution < -0.4 is 22.1 Å². The molecule has 31 heavy (non-hydrogen) atoms. The number of nitrogens with zero attached hydrogens (tertiary/aromatic N) is 6. The minimum Gasteiger partial charge on any atom is -0.394 e. The van der Waals surface area contributed by atoms with Crippen molar-refractivity contribution in [2.75, 3.05) is 12.3 Å². The number of aliphatic hydroxyl groups excluding tert-OH is 3. The van der Waals surface area contributed by atoms with Crippen molar-refractivity contribution >= 4 is 29.5 Å². The number of rotatable bonds is 2. The number of hydrogen-bond acceptors (Lipinski definition) is 10. The molecule has 2 aromatic rings. The number of urea groups is 1. The third-order valence-electron chi connectivity index (χ3n) is 4.68. The van der Waals surface area contributed by atoms with E-state index in [0.717, 1.165) is 15.4 Å². The standard InChI is InChI=1S/C9H4N4O.C9H13N3O5/c14-9-11-4-6-5-2-1-3-10-7(5)12-8(6)13-9;10-5-1-2-12(9(16)11-5)8-7(15)6(14)4(3-13)17-8/h1-4H;1-2,4,6-8,13-15H,3H2,(H2,10,11,16)/t;4-,6-,7-,8-/m.1/s1. The molecular weight excluding hydrogens is 410 g/mol. The van der Waals surface area contributed by atoms with Gasteiger partial charge in [0, 0.05) is 29.4 Å². The van der Waals surface area contributed by atoms with Crippen LogP contribution in [-0.2, 0) is 4.74 Å². The minimum atomic E-state index is -1.31. The first-order chi connectivity index (χ1) is 14.9. The number of amides is 2. The van der Waals surface area contributed by atoms with E-state index in [9.17, 15) is 19.8 Å². The van der Waals surface area contributed by atoms with Crippen LogP contribution in [0.1, 0.15) is 6.23 Å². The van der Waals surface area contributed by atoms with Gasteiger partial charge in [-0.1, -0.05) is 0 Å². The first kappa shape index (κ1) is 20.6. The average Bonchev–Trinajstić information content (AvgIpc) is 3.25. The van der Waals surface area contributed by atoms with Gasteiger partial charge in [-0.05, 0) is 18.2 Å². The quantitative estimate of drug-likeness (QED) is 0.383. The number of aromatic nitrogens is 3. The van der Waals surface area contributed by atoms with E-state index >= 15 is 0 Å². The van der Waals surface area contributed by atoms with Gasteiger partial charge in [0.25, 0.3) is 0 Å². The second-order valence-corrected chi connectivity index (χ2v) is 6.65. The van der Waals surface area contributed by atoms with Crippen LogP contribution >= 0.6 is 0 Å². The summed E-state index contributed by atoms with van der Waals surface area (Å²) in [6.45, 7) is -0.453. The molecule has 0 unspecified atom stereocenters. The lowest BCUT2D eigenvalue weighted by atomic mass is 10.1. The van der Waals surface area contributed by atoms with Crippen LogP contribution in [0.4, 0.5) is 10.6 Å². The predicted octanol–water partition coefficient (Wildman–Crippen LogP) is -3.09. The number of carbonyl (C=O) groups is 1. The van der Waals surface area contributed by atoms with E-state index in [4.69, 9.17) is 15.6 Å². The van der Waals surface area contributed by atoms with Crippen molar-refractivity contribution in [3.05, 3.63) is 51.8 Å². The fraction of sp³-hybridized carbons (Fsp3) is 0.278. The van der Waals surface area contributed by atoms with Crippen molar-refractivity contribution in [1.82, 2.24) is 14.5 Å². The van der Waals surface area contributed by atoms with Crippen molar-refractivity contribution in [2.45, 2.75) is 24.5 Å². The number of carbonyl (C=O) groups excluding carboxylic acids is 1. The van der Waals surface area contributed by atoms with Crippen molar-refractivity contribution in [3.63, 3.8) is 0 Å². The van der Waals surface area contributed by atoms with E-state index in [1.165, 1.54) is 18.5 Å². The molecule has 4 atom stereocenters. The van der Waals surface area contributed by atoms with Gasteiger partial charge in [-0.15, -0.1) is 0 Å². The van der Waals surface area contributed by atoms with E-state index < -0.39 is 42.9 Å². The van der Waals surface area contributed by atoms with Gasteiger partial charge >= 0.3 is 11.7 Å². The van der Waals surface area contributed by atoms with E-state index in [0.29, 0.717) is 11.3 Å². The molecule has 1 fully saturated rings. The van der Waals surface area contributed by atoms with Crippen molar-refractivity contribution in [3.8, 4) is 0 Å². The molecule has 5 N–H and O–H groups in total. The Morgan fingerprint density at radius 2 is 1.97 bits per heavy atom. The predicted molar refractivity (Wildman–Crippen MR) is 106 cm³/mol. The number of nitrogen functional groups attached to an aromatic ring is 1. The third-order valence-corrected chi connectivity index (χ3v) is 4.68. The Hall–Kier alpha value is -3.65. The summed E-state index contributed by atoms with van der Waals surface area (Å²) >= 11 is 0. The Kier molecular flexibility index (Phi) is 5.48. The molecule has 13 nitrogen and oxygen atoms in total. The van der Waals surface area contributed by atoms with Crippen LogP contribution in [0.25, 0.3) is 5.57 Å². The summed E-state index contributed by atoms with van der Waals surface area (Å²) in [5, 5.41) is 29.0. The third kappa shape index (κ3) is 3.89. The zero-order valence-electron chi connectivity index (χ0n) is 15.8. The molecule has 2 amide bonds. The van der Waals surface area contributed by atoms with Crippen LogP contribution in [0.3, 0.4) is 0 Å². The number of anilines is 1. The Bertz CT molecular complexity index is 1270. The number of fused-ring (bicyclic) bond motifs is 2. The lowest BCUT2D eigenvalue weighted by molar-refractivity contribution is -0.0549. The molecule has 13 heteroatoms. The maximum Gasteiger partial charge on any atom is 0.369 e. The molecule has 3 aliphatic heterocycles. The number of nitrogens with two attached hydrogens (primary N) is 1. The smallest absolute Gasteiger partial charge is 0.369 e. The molecular formula is C18H17N7O6. The molecule has 0 saturated carbocycles. The van der Waals surface area contributed by atoms with Gasteiger partial charge < -0.3 is 25.8 Å². The summed E-state index contributed by atoms with van der Waals surface area (Å²) < 4.78 is 6.19. The first-order valence-electron chi connectivity index (χ1n) is 9.07. The Morgan fingerprint density at radius 1 is 1.16 bits per heavy atom. The number of aliphatic hydroxyl groups is 3. The van der Waals surface area contributed by atoms with Crippen molar-refractivity contribution in [2.24, 2.45) is 15.0 Å². The monoisotopic (exact) mass is 427 g/mol. The Balaban J connectivity index is 0.000000151. The van der Waals surface area contributed by atoms with Gasteiger partial charge in [0.1, 0.15) is 24.1 Å². The Labute approximate surface area is 173 Å². The number of amidine groups is 1. The van der Waals surface area contributed by atoms with Crippen LogP contribution in [0.15, 0.2) is 50.4 Å². The largest absolute Gasteiger partial charge is 0.394 e. The summed E-state index contributed by atoms with van der Waals surface area (Å²) in [6.07, 6.45) is -0.126. The topological polar surface area (TPSA) is 198 Å². The number of ether oxygens (including phenoxy) is 1. The van der Waals surface area contributed by atoms with Crippen LogP contribution in [0, 0.1) is 0 Å². The summed E-state index contributed by atoms with van der Waals surface area (Å²) in [5.74, 6) is 0.469. The summed E-state index contributed by atoms with van der Waals surface area (Å²) in [6, 6.07) is 4.55. The maximum atomic E-state index is 11.5. The van der Waals surface area contributed by atoms with Crippen LogP contribution in [-0.4, -0.2) is 72.9 Å². The fourth-order valence-electron chi connectivity index (χ4n) is 3.16. The van der Waals surface area contributed by atoms with E-state index in [1.807, 2.05) is 12.1 Å². The van der Waals surface area contributed by atoms with Gasteiger partial charge in [0.15, 0.2) is 17.6 Å². The lowest BCUT2D eigenvalue weighted by Crippen LogP contribution is -2.36. The zero-order chi connectivity index (χ0) is 22.1. The number of aliphatic imine (C=N–C) groups is 2. The van der Waals surface area contributed by atoms with Crippen molar-refractivity contribution in [1.29, 1.82) is 0 Å². The van der Waals surface area contributed by atoms with Gasteiger partial charge in [-0.25, -0.2) is 19.6 Å². The molecule has 3 aliphatic rings. The highest BCUT2D eigenvalue weighted by molar-refractivity contribution is 6.41. The SMILES string of the molecule is Nc1ccn([C@@H]2O[C@H](CO)[C@@H](O)[C@H]2O)c(=O)n1.O=C1N=CC2=c3cccnc3=NC2=N1. The molecule has 0 aliphatic carbocycles. The van der Waals surface area contributed by atoms with E-state index in [2.05, 4.69) is 24.9 Å². The average molecular weight is 427 g/mol. The van der Waals surface area contributed by atoms with Gasteiger partial charge in [0.2, 0.25) is 0 Å². The molecule has 0 bridgehead atoms. The molecule has 160 valence electrons. The normalized spacial score (nSPS) is 25.8. The molecule has 0 radical (unpaired) electrons. The lowest BCUT2D eigenvalue weighted by Gasteiger charge is -2.16. The summed E-state index contributed by atoms with van der Waals surface area (Å²) in [7, 11) is 0. The zero-order valence-corrected chi connectivity index (χ0v) is 15.8. The van der Waals surface area contributed by atoms with E-state index in [1.54, 1.807) is 6.20 Å². The molecule has 2 aromatic heterocycles. The van der Waals surface area contributed by atoms with Gasteiger partial charge in [-0.2, -0.15) is 15.0 Å². The first-order valence-corrected chi connectivity index (χ1v) is 9.07. The summed E-state index contributed by atoms with van der Waals surface area (Å²) in [4.78, 5) is 41.3. The molecule has 1 saturated heterocycles. The van der Waals surface area contributed by atoms with Crippen LogP contribution in [0.5, 0.6) is 0 Å². The second kappa shape index (κ2) is 8.23. The fourth-order valence-corrected chi connectivity index (χ4v) is 3.16. The van der Waals surface area contributed by atoms with Crippen molar-refractivity contribution < 1.29 is 24.9 Å². The Morgan fingerprint density at radius 3 is 2.68 bits per heavy atom. The molecule has 0 spiro atoms. The van der Waals surface area contributed by atoms with Crippen LogP contribution in [0.2, 0.25) is 0 Å². The molecule has 0 aromatic carbocycles. The highest BCUT2D eigenvalue weighted by atomic mass is 16.6. The second-order valence-electron chi connectivity index (χ2n) is 6.65. The number of pyridine rings is 1. The van der Waals surface area contributed by atoms with E-state index in [-0.39, 0.29) is 5.82 Å². The molecule has 5 rings (SSSR count). The highest BCUT2D eigenvalue weighted by Crippen LogP contribution is 2.27. The highest BCUT2D eigenvalue weighted by Gasteiger charge is 2.43.